The number of hydrogen-bond acceptors (Lipinski definition) is 3. The van der Waals surface area contributed by atoms with E-state index < -0.39 is 0 Å². The van der Waals surface area contributed by atoms with Crippen molar-refractivity contribution in [3.05, 3.63) is 76.8 Å². The molecule has 2 aromatic heterocycles. The summed E-state index contributed by atoms with van der Waals surface area (Å²) in [6.45, 7) is 0. The van der Waals surface area contributed by atoms with Gasteiger partial charge in [0.15, 0.2) is 0 Å². The normalized spacial score (nSPS) is 11.5. The molecule has 5 rings (SSSR count). The van der Waals surface area contributed by atoms with E-state index >= 15 is 0 Å². The standard InChI is InChI=1S/C20H12N2O2S/c23-22(24)20-19(15-6-2-4-8-18(15)25-20)12-9-10-14-13-5-1-3-7-16(13)21-17(14)11-12/h1-11,21H. The zero-order valence-electron chi connectivity index (χ0n) is 13.0. The zero-order valence-corrected chi connectivity index (χ0v) is 13.8. The van der Waals surface area contributed by atoms with Crippen LogP contribution < -0.4 is 0 Å². The Hall–Kier alpha value is -3.18. The number of rotatable bonds is 2. The second kappa shape index (κ2) is 5.16. The molecular weight excluding hydrogens is 332 g/mol. The van der Waals surface area contributed by atoms with Crippen molar-refractivity contribution in [1.29, 1.82) is 0 Å². The monoisotopic (exact) mass is 344 g/mol. The van der Waals surface area contributed by atoms with Crippen molar-refractivity contribution >= 4 is 48.2 Å². The van der Waals surface area contributed by atoms with Gasteiger partial charge in [0.1, 0.15) is 0 Å². The van der Waals surface area contributed by atoms with Crippen LogP contribution in [0.2, 0.25) is 0 Å². The minimum absolute atomic E-state index is 0.191. The van der Waals surface area contributed by atoms with Crippen molar-refractivity contribution in [3.8, 4) is 11.1 Å². The molecule has 0 bridgehead atoms. The van der Waals surface area contributed by atoms with Crippen LogP contribution in [-0.2, 0) is 0 Å². The average Bonchev–Trinajstić information content (AvgIpc) is 3.19. The smallest absolute Gasteiger partial charge is 0.333 e. The molecule has 0 aliphatic heterocycles. The van der Waals surface area contributed by atoms with Gasteiger partial charge in [-0.3, -0.25) is 10.1 Å². The fraction of sp³-hybridized carbons (Fsp3) is 0. The van der Waals surface area contributed by atoms with E-state index in [2.05, 4.69) is 11.1 Å². The Morgan fingerprint density at radius 2 is 1.56 bits per heavy atom. The van der Waals surface area contributed by atoms with Gasteiger partial charge in [0.2, 0.25) is 0 Å². The molecular formula is C20H12N2O2S. The minimum atomic E-state index is -0.282. The number of fused-ring (bicyclic) bond motifs is 4. The lowest BCUT2D eigenvalue weighted by Crippen LogP contribution is -1.87. The van der Waals surface area contributed by atoms with E-state index in [0.717, 1.165) is 37.5 Å². The summed E-state index contributed by atoms with van der Waals surface area (Å²) in [5, 5.41) is 15.0. The van der Waals surface area contributed by atoms with Gasteiger partial charge in [0.25, 0.3) is 0 Å². The molecule has 0 fully saturated rings. The topological polar surface area (TPSA) is 58.9 Å². The van der Waals surface area contributed by atoms with Crippen molar-refractivity contribution in [2.75, 3.05) is 0 Å². The Bertz CT molecular complexity index is 1280. The van der Waals surface area contributed by atoms with E-state index in [1.54, 1.807) is 0 Å². The molecule has 120 valence electrons. The molecule has 0 saturated heterocycles. The summed E-state index contributed by atoms with van der Waals surface area (Å²) < 4.78 is 0.931. The third-order valence-electron chi connectivity index (χ3n) is 4.54. The molecule has 0 amide bonds. The molecule has 3 aromatic carbocycles. The highest BCUT2D eigenvalue weighted by molar-refractivity contribution is 7.22. The van der Waals surface area contributed by atoms with Gasteiger partial charge in [0.05, 0.1) is 10.5 Å². The van der Waals surface area contributed by atoms with Crippen LogP contribution in [-0.4, -0.2) is 9.91 Å². The van der Waals surface area contributed by atoms with E-state index in [4.69, 9.17) is 0 Å². The second-order valence-corrected chi connectivity index (χ2v) is 7.00. The van der Waals surface area contributed by atoms with Gasteiger partial charge in [-0.15, -0.1) is 0 Å². The van der Waals surface area contributed by atoms with E-state index in [9.17, 15) is 10.1 Å². The largest absolute Gasteiger partial charge is 0.354 e. The molecule has 25 heavy (non-hydrogen) atoms. The van der Waals surface area contributed by atoms with E-state index in [-0.39, 0.29) is 9.92 Å². The molecule has 2 heterocycles. The molecule has 0 aliphatic carbocycles. The van der Waals surface area contributed by atoms with Crippen LogP contribution in [0, 0.1) is 10.1 Å². The van der Waals surface area contributed by atoms with Crippen molar-refractivity contribution in [1.82, 2.24) is 4.98 Å². The molecule has 0 atom stereocenters. The molecule has 0 radical (unpaired) electrons. The van der Waals surface area contributed by atoms with Gasteiger partial charge in [-0.2, -0.15) is 0 Å². The first-order valence-electron chi connectivity index (χ1n) is 7.89. The van der Waals surface area contributed by atoms with Crippen LogP contribution in [0.4, 0.5) is 5.00 Å². The number of benzene rings is 3. The predicted molar refractivity (Wildman–Crippen MR) is 103 cm³/mol. The average molecular weight is 344 g/mol. The lowest BCUT2D eigenvalue weighted by atomic mass is 10.0. The SMILES string of the molecule is O=[N+]([O-])c1sc2ccccc2c1-c1ccc2c(c1)[nH]c1ccccc12. The summed E-state index contributed by atoms with van der Waals surface area (Å²) in [4.78, 5) is 14.7. The Balaban J connectivity index is 1.84. The quantitative estimate of drug-likeness (QED) is 0.310. The third kappa shape index (κ3) is 2.06. The van der Waals surface area contributed by atoms with E-state index in [0.29, 0.717) is 5.56 Å². The highest BCUT2D eigenvalue weighted by Crippen LogP contribution is 2.44. The summed E-state index contributed by atoms with van der Waals surface area (Å²) in [6.07, 6.45) is 0. The molecule has 0 unspecified atom stereocenters. The lowest BCUT2D eigenvalue weighted by molar-refractivity contribution is -0.379. The number of nitrogens with zero attached hydrogens (tertiary/aromatic N) is 1. The fourth-order valence-electron chi connectivity index (χ4n) is 3.45. The molecule has 5 aromatic rings. The number of nitro groups is 1. The number of hydrogen-bond donors (Lipinski definition) is 1. The summed E-state index contributed by atoms with van der Waals surface area (Å²) in [6, 6.07) is 21.9. The van der Waals surface area contributed by atoms with E-state index in [1.165, 1.54) is 11.3 Å². The maximum atomic E-state index is 11.6. The lowest BCUT2D eigenvalue weighted by Gasteiger charge is -2.01. The maximum absolute atomic E-state index is 11.6. The van der Waals surface area contributed by atoms with Gasteiger partial charge in [-0.25, -0.2) is 0 Å². The van der Waals surface area contributed by atoms with Crippen molar-refractivity contribution in [2.45, 2.75) is 0 Å². The molecule has 0 spiro atoms. The molecule has 5 heteroatoms. The first kappa shape index (κ1) is 14.2. The summed E-state index contributed by atoms with van der Waals surface area (Å²) in [5.41, 5.74) is 3.62. The number of thiophene rings is 1. The Labute approximate surface area is 146 Å². The molecule has 1 N–H and O–H groups in total. The number of aromatic amines is 1. The minimum Gasteiger partial charge on any atom is -0.354 e. The zero-order chi connectivity index (χ0) is 17.0. The summed E-state index contributed by atoms with van der Waals surface area (Å²) in [5.74, 6) is 0. The summed E-state index contributed by atoms with van der Waals surface area (Å²) in [7, 11) is 0. The van der Waals surface area contributed by atoms with Crippen molar-refractivity contribution in [2.24, 2.45) is 0 Å². The van der Waals surface area contributed by atoms with Crippen LogP contribution in [0.1, 0.15) is 0 Å². The van der Waals surface area contributed by atoms with Gasteiger partial charge < -0.3 is 4.98 Å². The molecule has 4 nitrogen and oxygen atoms in total. The Kier molecular flexibility index (Phi) is 2.93. The second-order valence-electron chi connectivity index (χ2n) is 5.97. The van der Waals surface area contributed by atoms with Crippen LogP contribution >= 0.6 is 11.3 Å². The molecule has 0 aliphatic rings. The van der Waals surface area contributed by atoms with Gasteiger partial charge >= 0.3 is 5.00 Å². The van der Waals surface area contributed by atoms with Crippen LogP contribution in [0.5, 0.6) is 0 Å². The first-order valence-corrected chi connectivity index (χ1v) is 8.71. The van der Waals surface area contributed by atoms with Gasteiger partial charge in [0, 0.05) is 31.9 Å². The predicted octanol–water partition coefficient (Wildman–Crippen LogP) is 6.11. The Morgan fingerprint density at radius 1 is 0.840 bits per heavy atom. The maximum Gasteiger partial charge on any atom is 0.333 e. The first-order chi connectivity index (χ1) is 12.2. The molecule has 0 saturated carbocycles. The number of aromatic nitrogens is 1. The Morgan fingerprint density at radius 3 is 2.40 bits per heavy atom. The van der Waals surface area contributed by atoms with Crippen LogP contribution in [0.3, 0.4) is 0 Å². The van der Waals surface area contributed by atoms with Crippen LogP contribution in [0.15, 0.2) is 66.7 Å². The van der Waals surface area contributed by atoms with E-state index in [1.807, 2.05) is 60.7 Å². The highest BCUT2D eigenvalue weighted by atomic mass is 32.1. The van der Waals surface area contributed by atoms with Crippen molar-refractivity contribution in [3.63, 3.8) is 0 Å². The number of para-hydroxylation sites is 1. The van der Waals surface area contributed by atoms with Gasteiger partial charge in [-0.1, -0.05) is 59.9 Å². The fourth-order valence-corrected chi connectivity index (χ4v) is 4.49. The van der Waals surface area contributed by atoms with Gasteiger partial charge in [-0.05, 0) is 23.8 Å². The number of H-pyrrole nitrogens is 1. The van der Waals surface area contributed by atoms with Crippen LogP contribution in [0.25, 0.3) is 43.0 Å². The third-order valence-corrected chi connectivity index (χ3v) is 5.66. The summed E-state index contributed by atoms with van der Waals surface area (Å²) >= 11 is 1.23. The number of nitrogens with one attached hydrogen (secondary N) is 1. The van der Waals surface area contributed by atoms with Crippen molar-refractivity contribution < 1.29 is 4.92 Å². The highest BCUT2D eigenvalue weighted by Gasteiger charge is 2.23.